The van der Waals surface area contributed by atoms with Crippen molar-refractivity contribution in [3.8, 4) is 11.5 Å². The minimum absolute atomic E-state index is 0.0285. The molecule has 110 valence electrons. The van der Waals surface area contributed by atoms with Crippen molar-refractivity contribution in [2.45, 2.75) is 31.8 Å². The highest BCUT2D eigenvalue weighted by Gasteiger charge is 2.23. The molecule has 1 aromatic carbocycles. The molecule has 1 aromatic rings. The second kappa shape index (κ2) is 6.61. The SMILES string of the molecule is COc1ccc(C(C)NCC(=O)NC2CC2)c(OC)c1. The summed E-state index contributed by atoms with van der Waals surface area (Å²) in [6.45, 7) is 2.32. The van der Waals surface area contributed by atoms with Gasteiger partial charge >= 0.3 is 0 Å². The minimum atomic E-state index is 0.0285. The van der Waals surface area contributed by atoms with Crippen LogP contribution in [0.2, 0.25) is 0 Å². The van der Waals surface area contributed by atoms with Crippen molar-refractivity contribution in [1.82, 2.24) is 10.6 Å². The number of amides is 1. The molecule has 1 atom stereocenters. The third-order valence-corrected chi connectivity index (χ3v) is 3.42. The van der Waals surface area contributed by atoms with Gasteiger partial charge in [0.05, 0.1) is 20.8 Å². The van der Waals surface area contributed by atoms with Gasteiger partial charge in [-0.05, 0) is 25.8 Å². The van der Waals surface area contributed by atoms with E-state index in [-0.39, 0.29) is 11.9 Å². The molecule has 20 heavy (non-hydrogen) atoms. The Morgan fingerprint density at radius 1 is 1.35 bits per heavy atom. The van der Waals surface area contributed by atoms with E-state index in [1.54, 1.807) is 14.2 Å². The van der Waals surface area contributed by atoms with E-state index >= 15 is 0 Å². The number of rotatable bonds is 7. The first-order valence-corrected chi connectivity index (χ1v) is 6.88. The Bertz CT molecular complexity index is 472. The number of carbonyl (C=O) groups is 1. The van der Waals surface area contributed by atoms with Gasteiger partial charge in [0.15, 0.2) is 0 Å². The van der Waals surface area contributed by atoms with Crippen LogP contribution in [0, 0.1) is 0 Å². The Labute approximate surface area is 119 Å². The van der Waals surface area contributed by atoms with E-state index in [0.717, 1.165) is 29.9 Å². The third-order valence-electron chi connectivity index (χ3n) is 3.42. The number of hydrogen-bond acceptors (Lipinski definition) is 4. The molecule has 5 heteroatoms. The maximum Gasteiger partial charge on any atom is 0.234 e. The van der Waals surface area contributed by atoms with E-state index in [9.17, 15) is 4.79 Å². The quantitative estimate of drug-likeness (QED) is 0.796. The van der Waals surface area contributed by atoms with Crippen molar-refractivity contribution >= 4 is 5.91 Å². The van der Waals surface area contributed by atoms with Crippen LogP contribution < -0.4 is 20.1 Å². The normalized spacial score (nSPS) is 15.6. The summed E-state index contributed by atoms with van der Waals surface area (Å²) in [5, 5.41) is 6.17. The molecule has 1 fully saturated rings. The largest absolute Gasteiger partial charge is 0.497 e. The van der Waals surface area contributed by atoms with Gasteiger partial charge in [0, 0.05) is 23.7 Å². The van der Waals surface area contributed by atoms with Crippen LogP contribution in [-0.4, -0.2) is 32.7 Å². The van der Waals surface area contributed by atoms with Gasteiger partial charge in [0.25, 0.3) is 0 Å². The Kier molecular flexibility index (Phi) is 4.84. The fourth-order valence-electron chi connectivity index (χ4n) is 2.04. The Morgan fingerprint density at radius 2 is 2.10 bits per heavy atom. The minimum Gasteiger partial charge on any atom is -0.497 e. The fourth-order valence-corrected chi connectivity index (χ4v) is 2.04. The van der Waals surface area contributed by atoms with Gasteiger partial charge in [-0.1, -0.05) is 6.07 Å². The van der Waals surface area contributed by atoms with E-state index < -0.39 is 0 Å². The maximum absolute atomic E-state index is 11.7. The molecule has 0 heterocycles. The molecule has 0 spiro atoms. The molecule has 5 nitrogen and oxygen atoms in total. The number of benzene rings is 1. The number of carbonyl (C=O) groups excluding carboxylic acids is 1. The average molecular weight is 278 g/mol. The highest BCUT2D eigenvalue weighted by Crippen LogP contribution is 2.29. The smallest absolute Gasteiger partial charge is 0.234 e. The van der Waals surface area contributed by atoms with Crippen molar-refractivity contribution in [3.05, 3.63) is 23.8 Å². The second-order valence-corrected chi connectivity index (χ2v) is 5.05. The Morgan fingerprint density at radius 3 is 2.70 bits per heavy atom. The number of hydrogen-bond donors (Lipinski definition) is 2. The van der Waals surface area contributed by atoms with Crippen LogP contribution in [0.25, 0.3) is 0 Å². The zero-order valence-electron chi connectivity index (χ0n) is 12.2. The first-order valence-electron chi connectivity index (χ1n) is 6.88. The fraction of sp³-hybridized carbons (Fsp3) is 0.533. The molecule has 1 saturated carbocycles. The summed E-state index contributed by atoms with van der Waals surface area (Å²) in [5.74, 6) is 1.56. The first kappa shape index (κ1) is 14.7. The van der Waals surface area contributed by atoms with Crippen molar-refractivity contribution in [3.63, 3.8) is 0 Å². The molecule has 0 aliphatic heterocycles. The van der Waals surface area contributed by atoms with Crippen molar-refractivity contribution in [1.29, 1.82) is 0 Å². The van der Waals surface area contributed by atoms with Crippen LogP contribution >= 0.6 is 0 Å². The van der Waals surface area contributed by atoms with Gasteiger partial charge in [-0.3, -0.25) is 4.79 Å². The zero-order valence-corrected chi connectivity index (χ0v) is 12.2. The van der Waals surface area contributed by atoms with E-state index in [1.165, 1.54) is 0 Å². The van der Waals surface area contributed by atoms with Gasteiger partial charge in [-0.2, -0.15) is 0 Å². The molecule has 2 rings (SSSR count). The number of nitrogens with one attached hydrogen (secondary N) is 2. The highest BCUT2D eigenvalue weighted by atomic mass is 16.5. The first-order chi connectivity index (χ1) is 9.63. The summed E-state index contributed by atoms with van der Waals surface area (Å²) in [7, 11) is 3.25. The van der Waals surface area contributed by atoms with Gasteiger partial charge < -0.3 is 20.1 Å². The summed E-state index contributed by atoms with van der Waals surface area (Å²) in [6, 6.07) is 6.11. The lowest BCUT2D eigenvalue weighted by atomic mass is 10.1. The lowest BCUT2D eigenvalue weighted by molar-refractivity contribution is -0.120. The second-order valence-electron chi connectivity index (χ2n) is 5.05. The van der Waals surface area contributed by atoms with Crippen LogP contribution in [-0.2, 0) is 4.79 Å². The van der Waals surface area contributed by atoms with Crippen LogP contribution in [0.5, 0.6) is 11.5 Å². The predicted molar refractivity (Wildman–Crippen MR) is 77.1 cm³/mol. The summed E-state index contributed by atoms with van der Waals surface area (Å²) >= 11 is 0. The van der Waals surface area contributed by atoms with Crippen LogP contribution in [0.3, 0.4) is 0 Å². The molecule has 1 unspecified atom stereocenters. The molecular formula is C15H22N2O3. The third kappa shape index (κ3) is 3.87. The van der Waals surface area contributed by atoms with Crippen molar-refractivity contribution in [2.75, 3.05) is 20.8 Å². The number of methoxy groups -OCH3 is 2. The lowest BCUT2D eigenvalue weighted by Gasteiger charge is -2.18. The monoisotopic (exact) mass is 278 g/mol. The standard InChI is InChI=1S/C15H22N2O3/c1-10(16-9-15(18)17-11-4-5-11)13-7-6-12(19-2)8-14(13)20-3/h6-8,10-11,16H,4-5,9H2,1-3H3,(H,17,18). The molecule has 1 aliphatic carbocycles. The van der Waals surface area contributed by atoms with Crippen LogP contribution in [0.15, 0.2) is 18.2 Å². The zero-order chi connectivity index (χ0) is 14.5. The predicted octanol–water partition coefficient (Wildman–Crippen LogP) is 1.63. The Balaban J connectivity index is 1.93. The van der Waals surface area contributed by atoms with Crippen LogP contribution in [0.4, 0.5) is 0 Å². The van der Waals surface area contributed by atoms with Gasteiger partial charge in [-0.15, -0.1) is 0 Å². The van der Waals surface area contributed by atoms with E-state index in [4.69, 9.17) is 9.47 Å². The average Bonchev–Trinajstić information content (AvgIpc) is 3.27. The van der Waals surface area contributed by atoms with Gasteiger partial charge in [0.1, 0.15) is 11.5 Å². The molecule has 2 N–H and O–H groups in total. The van der Waals surface area contributed by atoms with Crippen LogP contribution in [0.1, 0.15) is 31.4 Å². The topological polar surface area (TPSA) is 59.6 Å². The molecule has 0 bridgehead atoms. The highest BCUT2D eigenvalue weighted by molar-refractivity contribution is 5.78. The van der Waals surface area contributed by atoms with E-state index in [0.29, 0.717) is 12.6 Å². The molecular weight excluding hydrogens is 256 g/mol. The van der Waals surface area contributed by atoms with Gasteiger partial charge in [-0.25, -0.2) is 0 Å². The molecule has 0 aromatic heterocycles. The Hall–Kier alpha value is -1.75. The van der Waals surface area contributed by atoms with E-state index in [1.807, 2.05) is 25.1 Å². The number of ether oxygens (including phenoxy) is 2. The molecule has 0 saturated heterocycles. The summed E-state index contributed by atoms with van der Waals surface area (Å²) in [5.41, 5.74) is 1.01. The maximum atomic E-state index is 11.7. The van der Waals surface area contributed by atoms with Crippen molar-refractivity contribution in [2.24, 2.45) is 0 Å². The summed E-state index contributed by atoms with van der Waals surface area (Å²) in [4.78, 5) is 11.7. The summed E-state index contributed by atoms with van der Waals surface area (Å²) < 4.78 is 10.5. The molecule has 0 radical (unpaired) electrons. The molecule has 1 amide bonds. The summed E-state index contributed by atoms with van der Waals surface area (Å²) in [6.07, 6.45) is 2.21. The lowest BCUT2D eigenvalue weighted by Crippen LogP contribution is -2.36. The van der Waals surface area contributed by atoms with E-state index in [2.05, 4.69) is 10.6 Å². The van der Waals surface area contributed by atoms with Crippen molar-refractivity contribution < 1.29 is 14.3 Å². The van der Waals surface area contributed by atoms with Gasteiger partial charge in [0.2, 0.25) is 5.91 Å². The molecule has 1 aliphatic rings.